The van der Waals surface area contributed by atoms with E-state index in [9.17, 15) is 22.4 Å². The average Bonchev–Trinajstić information content (AvgIpc) is 2.82. The third kappa shape index (κ3) is 5.38. The molecule has 4 aromatic rings. The van der Waals surface area contributed by atoms with E-state index in [2.05, 4.69) is 10.3 Å². The number of pyridine rings is 1. The van der Waals surface area contributed by atoms with Crippen LogP contribution in [-0.2, 0) is 11.0 Å². The zero-order valence-corrected chi connectivity index (χ0v) is 17.7. The van der Waals surface area contributed by atoms with E-state index in [4.69, 9.17) is 0 Å². The molecule has 1 aromatic heterocycles. The number of anilines is 1. The van der Waals surface area contributed by atoms with Crippen LogP contribution in [0, 0.1) is 5.82 Å². The molecule has 3 nitrogen and oxygen atoms in total. The van der Waals surface area contributed by atoms with Gasteiger partial charge in [0.05, 0.1) is 5.56 Å². The van der Waals surface area contributed by atoms with Crippen LogP contribution in [-0.4, -0.2) is 10.9 Å². The Morgan fingerprint density at radius 2 is 1.56 bits per heavy atom. The van der Waals surface area contributed by atoms with Crippen LogP contribution in [0.5, 0.6) is 0 Å². The molecule has 0 aliphatic carbocycles. The van der Waals surface area contributed by atoms with E-state index in [1.807, 2.05) is 6.07 Å². The summed E-state index contributed by atoms with van der Waals surface area (Å²) >= 11 is 0. The lowest BCUT2D eigenvalue weighted by molar-refractivity contribution is -0.137. The van der Waals surface area contributed by atoms with Crippen molar-refractivity contribution in [1.82, 2.24) is 4.98 Å². The fourth-order valence-corrected chi connectivity index (χ4v) is 3.47. The number of benzene rings is 3. The highest BCUT2D eigenvalue weighted by Gasteiger charge is 2.30. The molecule has 34 heavy (non-hydrogen) atoms. The molecule has 0 unspecified atom stereocenters. The van der Waals surface area contributed by atoms with Crippen molar-refractivity contribution in [2.75, 3.05) is 5.32 Å². The number of fused-ring (bicyclic) bond motifs is 1. The van der Waals surface area contributed by atoms with E-state index >= 15 is 0 Å². The molecular formula is C27H18F4N2O. The van der Waals surface area contributed by atoms with Crippen molar-refractivity contribution in [1.29, 1.82) is 0 Å². The minimum atomic E-state index is -4.45. The molecule has 0 bridgehead atoms. The first-order valence-corrected chi connectivity index (χ1v) is 10.3. The maximum atomic E-state index is 13.4. The minimum absolute atomic E-state index is 0.383. The van der Waals surface area contributed by atoms with Crippen molar-refractivity contribution in [3.8, 4) is 0 Å². The largest absolute Gasteiger partial charge is 0.416 e. The van der Waals surface area contributed by atoms with Crippen LogP contribution < -0.4 is 5.32 Å². The van der Waals surface area contributed by atoms with Crippen LogP contribution in [0.2, 0.25) is 0 Å². The van der Waals surface area contributed by atoms with Gasteiger partial charge < -0.3 is 5.32 Å². The first kappa shape index (κ1) is 22.9. The summed E-state index contributed by atoms with van der Waals surface area (Å²) in [4.78, 5) is 16.6. The topological polar surface area (TPSA) is 42.0 Å². The number of halogens is 4. The number of hydrogen-bond acceptors (Lipinski definition) is 2. The molecule has 1 heterocycles. The number of hydrogen-bond donors (Lipinski definition) is 1. The van der Waals surface area contributed by atoms with Crippen LogP contribution in [0.15, 0.2) is 103 Å². The minimum Gasteiger partial charge on any atom is -0.322 e. The summed E-state index contributed by atoms with van der Waals surface area (Å²) in [5, 5.41) is 4.53. The van der Waals surface area contributed by atoms with Gasteiger partial charge in [0.1, 0.15) is 5.82 Å². The molecule has 0 saturated heterocycles. The van der Waals surface area contributed by atoms with Gasteiger partial charge in [-0.1, -0.05) is 48.6 Å². The molecule has 7 heteroatoms. The highest BCUT2D eigenvalue weighted by atomic mass is 19.4. The fourth-order valence-electron chi connectivity index (χ4n) is 3.47. The summed E-state index contributed by atoms with van der Waals surface area (Å²) in [7, 11) is 0. The van der Waals surface area contributed by atoms with Gasteiger partial charge in [0, 0.05) is 34.9 Å². The number of aromatic nitrogens is 1. The fraction of sp³-hybridized carbons (Fsp3) is 0.0370. The summed E-state index contributed by atoms with van der Waals surface area (Å²) in [5.41, 5.74) is 1.47. The summed E-state index contributed by atoms with van der Waals surface area (Å²) in [6, 6.07) is 17.5. The molecule has 0 aliphatic heterocycles. The SMILES string of the molecule is O=C(/C=C/C=C(\c1ccc(F)cc1)c1ccc(C(F)(F)F)cc1)Nc1cccc2cnccc12. The van der Waals surface area contributed by atoms with Gasteiger partial charge in [-0.25, -0.2) is 4.39 Å². The molecule has 0 spiro atoms. The molecule has 1 N–H and O–H groups in total. The Hall–Kier alpha value is -4.26. The first-order chi connectivity index (χ1) is 16.3. The Bertz CT molecular complexity index is 1370. The molecule has 4 rings (SSSR count). The van der Waals surface area contributed by atoms with Gasteiger partial charge in [0.2, 0.25) is 5.91 Å². The van der Waals surface area contributed by atoms with Crippen molar-refractivity contribution in [3.63, 3.8) is 0 Å². The van der Waals surface area contributed by atoms with Crippen molar-refractivity contribution < 1.29 is 22.4 Å². The smallest absolute Gasteiger partial charge is 0.322 e. The van der Waals surface area contributed by atoms with Gasteiger partial charge in [-0.2, -0.15) is 13.2 Å². The average molecular weight is 462 g/mol. The highest BCUT2D eigenvalue weighted by Crippen LogP contribution is 2.31. The number of amides is 1. The van der Waals surface area contributed by atoms with Gasteiger partial charge in [-0.05, 0) is 53.1 Å². The number of carbonyl (C=O) groups excluding carboxylic acids is 1. The predicted molar refractivity (Wildman–Crippen MR) is 124 cm³/mol. The van der Waals surface area contributed by atoms with Crippen molar-refractivity contribution in [2.24, 2.45) is 0 Å². The number of nitrogens with zero attached hydrogens (tertiary/aromatic N) is 1. The Morgan fingerprint density at radius 1 is 0.882 bits per heavy atom. The number of rotatable bonds is 5. The van der Waals surface area contributed by atoms with Gasteiger partial charge in [0.15, 0.2) is 0 Å². The Kier molecular flexibility index (Phi) is 6.54. The summed E-state index contributed by atoms with van der Waals surface area (Å²) < 4.78 is 52.2. The van der Waals surface area contributed by atoms with E-state index in [1.165, 1.54) is 48.6 Å². The second-order valence-corrected chi connectivity index (χ2v) is 7.41. The van der Waals surface area contributed by atoms with E-state index < -0.39 is 17.6 Å². The monoisotopic (exact) mass is 462 g/mol. The molecule has 3 aromatic carbocycles. The molecule has 0 saturated carbocycles. The van der Waals surface area contributed by atoms with Crippen molar-refractivity contribution >= 4 is 27.9 Å². The molecule has 0 radical (unpaired) electrons. The predicted octanol–water partition coefficient (Wildman–Crippen LogP) is 7.02. The lowest BCUT2D eigenvalue weighted by Gasteiger charge is -2.11. The van der Waals surface area contributed by atoms with E-state index in [0.717, 1.165) is 22.9 Å². The van der Waals surface area contributed by atoms with Crippen LogP contribution in [0.1, 0.15) is 16.7 Å². The molecule has 0 fully saturated rings. The van der Waals surface area contributed by atoms with Gasteiger partial charge in [-0.15, -0.1) is 0 Å². The van der Waals surface area contributed by atoms with Crippen LogP contribution in [0.4, 0.5) is 23.2 Å². The molecule has 0 aliphatic rings. The lowest BCUT2D eigenvalue weighted by Crippen LogP contribution is -2.08. The molecule has 170 valence electrons. The van der Waals surface area contributed by atoms with Gasteiger partial charge in [-0.3, -0.25) is 9.78 Å². The number of carbonyl (C=O) groups is 1. The van der Waals surface area contributed by atoms with Gasteiger partial charge >= 0.3 is 6.18 Å². The van der Waals surface area contributed by atoms with E-state index in [-0.39, 0.29) is 5.91 Å². The third-order valence-corrected chi connectivity index (χ3v) is 5.13. The Labute approximate surface area is 193 Å². The molecule has 1 amide bonds. The van der Waals surface area contributed by atoms with E-state index in [1.54, 1.807) is 36.7 Å². The van der Waals surface area contributed by atoms with Crippen LogP contribution in [0.25, 0.3) is 16.3 Å². The molecular weight excluding hydrogens is 444 g/mol. The maximum absolute atomic E-state index is 13.4. The summed E-state index contributed by atoms with van der Waals surface area (Å²) in [6.07, 6.45) is 3.29. The Morgan fingerprint density at radius 3 is 2.24 bits per heavy atom. The number of alkyl halides is 3. The summed E-state index contributed by atoms with van der Waals surface area (Å²) in [6.45, 7) is 0. The molecule has 0 atom stereocenters. The second kappa shape index (κ2) is 9.70. The van der Waals surface area contributed by atoms with Crippen molar-refractivity contribution in [3.05, 3.63) is 126 Å². The maximum Gasteiger partial charge on any atom is 0.416 e. The lowest BCUT2D eigenvalue weighted by atomic mass is 9.96. The second-order valence-electron chi connectivity index (χ2n) is 7.41. The zero-order valence-electron chi connectivity index (χ0n) is 17.7. The number of allylic oxidation sites excluding steroid dienone is 2. The normalized spacial score (nSPS) is 12.3. The first-order valence-electron chi connectivity index (χ1n) is 10.3. The zero-order chi connectivity index (χ0) is 24.1. The third-order valence-electron chi connectivity index (χ3n) is 5.13. The highest BCUT2D eigenvalue weighted by molar-refractivity contribution is 6.06. The van der Waals surface area contributed by atoms with Crippen LogP contribution >= 0.6 is 0 Å². The quantitative estimate of drug-likeness (QED) is 0.197. The number of nitrogens with one attached hydrogen (secondary N) is 1. The van der Waals surface area contributed by atoms with Gasteiger partial charge in [0.25, 0.3) is 0 Å². The summed E-state index contributed by atoms with van der Waals surface area (Å²) in [5.74, 6) is -0.817. The standard InChI is InChI=1S/C27H18F4N2O/c28-22-13-9-19(10-14-22)23(18-7-11-21(12-8-18)27(29,30)31)4-2-6-26(34)33-25-5-1-3-20-17-32-16-15-24(20)25/h1-17H,(H,33,34)/b6-2+,23-4-. The van der Waals surface area contributed by atoms with Crippen LogP contribution in [0.3, 0.4) is 0 Å². The Balaban J connectivity index is 1.61. The van der Waals surface area contributed by atoms with Crippen molar-refractivity contribution in [2.45, 2.75) is 6.18 Å². The van der Waals surface area contributed by atoms with E-state index in [0.29, 0.717) is 22.4 Å².